The molecule has 2 heterocycles. The van der Waals surface area contributed by atoms with E-state index in [0.717, 1.165) is 11.3 Å². The van der Waals surface area contributed by atoms with E-state index in [2.05, 4.69) is 15.1 Å². The maximum absolute atomic E-state index is 12.4. The van der Waals surface area contributed by atoms with Crippen molar-refractivity contribution in [2.24, 2.45) is 0 Å². The third-order valence-corrected chi connectivity index (χ3v) is 5.90. The number of nitrogens with one attached hydrogen (secondary N) is 2. The highest BCUT2D eigenvalue weighted by Gasteiger charge is 2.15. The Hall–Kier alpha value is -3.69. The molecule has 0 atom stereocenters. The number of nitrogens with zero attached hydrogens (tertiary/aromatic N) is 2. The number of rotatable bonds is 8. The summed E-state index contributed by atoms with van der Waals surface area (Å²) in [7, 11) is -3.69. The minimum atomic E-state index is -3.69. The molecule has 0 aliphatic rings. The fourth-order valence-electron chi connectivity index (χ4n) is 2.94. The van der Waals surface area contributed by atoms with Crippen molar-refractivity contribution in [2.45, 2.75) is 17.9 Å². The second kappa shape index (κ2) is 8.99. The number of hydrogen-bond acceptors (Lipinski definition) is 5. The van der Waals surface area contributed by atoms with E-state index in [1.807, 2.05) is 30.3 Å². The highest BCUT2D eigenvalue weighted by molar-refractivity contribution is 7.89. The van der Waals surface area contributed by atoms with Crippen molar-refractivity contribution in [2.75, 3.05) is 5.32 Å². The van der Waals surface area contributed by atoms with Crippen LogP contribution in [0.15, 0.2) is 94.7 Å². The zero-order valence-electron chi connectivity index (χ0n) is 16.4. The molecule has 0 spiro atoms. The van der Waals surface area contributed by atoms with Crippen LogP contribution in [-0.2, 0) is 27.8 Å². The summed E-state index contributed by atoms with van der Waals surface area (Å²) < 4.78 is 34.0. The van der Waals surface area contributed by atoms with Gasteiger partial charge >= 0.3 is 0 Å². The van der Waals surface area contributed by atoms with Gasteiger partial charge in [0.1, 0.15) is 5.76 Å². The van der Waals surface area contributed by atoms with Crippen LogP contribution < -0.4 is 10.0 Å². The van der Waals surface area contributed by atoms with Crippen molar-refractivity contribution in [3.8, 4) is 5.69 Å². The molecule has 2 N–H and O–H groups in total. The second-order valence-electron chi connectivity index (χ2n) is 6.78. The lowest BCUT2D eigenvalue weighted by Gasteiger charge is -2.08. The van der Waals surface area contributed by atoms with Crippen LogP contribution in [0, 0.1) is 0 Å². The van der Waals surface area contributed by atoms with Gasteiger partial charge in [-0.2, -0.15) is 5.10 Å². The molecule has 31 heavy (non-hydrogen) atoms. The SMILES string of the molecule is O=C(Cc1cnn(-c2ccccc2)c1)Nc1ccc(S(=O)(=O)NCc2ccco2)cc1. The summed E-state index contributed by atoms with van der Waals surface area (Å²) in [6.07, 6.45) is 5.08. The van der Waals surface area contributed by atoms with Crippen LogP contribution in [0.5, 0.6) is 0 Å². The van der Waals surface area contributed by atoms with Crippen LogP contribution in [0.1, 0.15) is 11.3 Å². The number of hydrogen-bond donors (Lipinski definition) is 2. The maximum Gasteiger partial charge on any atom is 0.240 e. The van der Waals surface area contributed by atoms with Gasteiger partial charge in [0.2, 0.25) is 15.9 Å². The van der Waals surface area contributed by atoms with Crippen LogP contribution in [0.4, 0.5) is 5.69 Å². The number of anilines is 1. The van der Waals surface area contributed by atoms with Gasteiger partial charge in [0.05, 0.1) is 36.0 Å². The zero-order chi connectivity index (χ0) is 21.7. The Morgan fingerprint density at radius 3 is 2.48 bits per heavy atom. The van der Waals surface area contributed by atoms with Gasteiger partial charge in [-0.15, -0.1) is 0 Å². The summed E-state index contributed by atoms with van der Waals surface area (Å²) in [5, 5.41) is 7.04. The van der Waals surface area contributed by atoms with E-state index in [0.29, 0.717) is 11.4 Å². The standard InChI is InChI=1S/C22H20N4O4S/c27-22(13-17-14-23-26(16-17)19-5-2-1-3-6-19)25-18-8-10-21(11-9-18)31(28,29)24-15-20-7-4-12-30-20/h1-12,14,16,24H,13,15H2,(H,25,27). The Balaban J connectivity index is 1.34. The lowest BCUT2D eigenvalue weighted by Crippen LogP contribution is -2.23. The molecule has 0 unspecified atom stereocenters. The van der Waals surface area contributed by atoms with E-state index in [1.165, 1.54) is 18.4 Å². The molecule has 0 bridgehead atoms. The summed E-state index contributed by atoms with van der Waals surface area (Å²) in [6.45, 7) is 0.0600. The van der Waals surface area contributed by atoms with Crippen LogP contribution in [0.3, 0.4) is 0 Å². The van der Waals surface area contributed by atoms with Crippen molar-refractivity contribution in [1.29, 1.82) is 0 Å². The summed E-state index contributed by atoms with van der Waals surface area (Å²) in [4.78, 5) is 12.5. The summed E-state index contributed by atoms with van der Waals surface area (Å²) in [6, 6.07) is 19.0. The monoisotopic (exact) mass is 436 g/mol. The van der Waals surface area contributed by atoms with Crippen molar-refractivity contribution in [3.05, 3.63) is 96.7 Å². The van der Waals surface area contributed by atoms with Crippen LogP contribution in [-0.4, -0.2) is 24.1 Å². The Bertz CT molecular complexity index is 1250. The van der Waals surface area contributed by atoms with Crippen molar-refractivity contribution in [3.63, 3.8) is 0 Å². The van der Waals surface area contributed by atoms with E-state index in [1.54, 1.807) is 41.3 Å². The largest absolute Gasteiger partial charge is 0.468 e. The molecule has 0 saturated heterocycles. The molecule has 0 aliphatic carbocycles. The first-order valence-electron chi connectivity index (χ1n) is 9.50. The number of benzene rings is 2. The summed E-state index contributed by atoms with van der Waals surface area (Å²) in [5.41, 5.74) is 2.18. The number of carbonyl (C=O) groups excluding carboxylic acids is 1. The average Bonchev–Trinajstić information content (AvgIpc) is 3.46. The zero-order valence-corrected chi connectivity index (χ0v) is 17.2. The molecular formula is C22H20N4O4S. The highest BCUT2D eigenvalue weighted by atomic mass is 32.2. The van der Waals surface area contributed by atoms with E-state index in [9.17, 15) is 13.2 Å². The third-order valence-electron chi connectivity index (χ3n) is 4.49. The number of para-hydroxylation sites is 1. The van der Waals surface area contributed by atoms with Gasteiger partial charge in [-0.1, -0.05) is 18.2 Å². The number of furan rings is 1. The third kappa shape index (κ3) is 5.27. The lowest BCUT2D eigenvalue weighted by atomic mass is 10.2. The first-order chi connectivity index (χ1) is 15.0. The van der Waals surface area contributed by atoms with Gasteiger partial charge in [-0.05, 0) is 54.1 Å². The molecule has 0 aliphatic heterocycles. The normalized spacial score (nSPS) is 11.4. The molecule has 4 aromatic rings. The Labute approximate surface area is 179 Å². The second-order valence-corrected chi connectivity index (χ2v) is 8.55. The maximum atomic E-state index is 12.4. The van der Waals surface area contributed by atoms with E-state index in [-0.39, 0.29) is 23.8 Å². The smallest absolute Gasteiger partial charge is 0.240 e. The van der Waals surface area contributed by atoms with Crippen LogP contribution in [0.25, 0.3) is 5.69 Å². The van der Waals surface area contributed by atoms with Crippen LogP contribution >= 0.6 is 0 Å². The fraction of sp³-hybridized carbons (Fsp3) is 0.0909. The molecule has 0 radical (unpaired) electrons. The summed E-state index contributed by atoms with van der Waals surface area (Å²) >= 11 is 0. The van der Waals surface area contributed by atoms with Gasteiger partial charge < -0.3 is 9.73 Å². The number of sulfonamides is 1. The number of aromatic nitrogens is 2. The first-order valence-corrected chi connectivity index (χ1v) is 11.0. The Morgan fingerprint density at radius 1 is 1.00 bits per heavy atom. The van der Waals surface area contributed by atoms with E-state index < -0.39 is 10.0 Å². The minimum absolute atomic E-state index is 0.0600. The molecule has 158 valence electrons. The predicted octanol–water partition coefficient (Wildman–Crippen LogP) is 3.13. The van der Waals surface area contributed by atoms with Crippen molar-refractivity contribution >= 4 is 21.6 Å². The lowest BCUT2D eigenvalue weighted by molar-refractivity contribution is -0.115. The van der Waals surface area contributed by atoms with Gasteiger partial charge in [0.15, 0.2) is 0 Å². The first kappa shape index (κ1) is 20.6. The predicted molar refractivity (Wildman–Crippen MR) is 115 cm³/mol. The Kier molecular flexibility index (Phi) is 5.96. The van der Waals surface area contributed by atoms with Crippen molar-refractivity contribution < 1.29 is 17.6 Å². The van der Waals surface area contributed by atoms with Gasteiger partial charge in [0.25, 0.3) is 0 Å². The molecule has 0 saturated carbocycles. The van der Waals surface area contributed by atoms with E-state index >= 15 is 0 Å². The molecule has 4 rings (SSSR count). The van der Waals surface area contributed by atoms with Crippen LogP contribution in [0.2, 0.25) is 0 Å². The molecule has 2 aromatic heterocycles. The topological polar surface area (TPSA) is 106 Å². The van der Waals surface area contributed by atoms with E-state index in [4.69, 9.17) is 4.42 Å². The van der Waals surface area contributed by atoms with Crippen molar-refractivity contribution in [1.82, 2.24) is 14.5 Å². The minimum Gasteiger partial charge on any atom is -0.468 e. The Morgan fingerprint density at radius 2 is 1.77 bits per heavy atom. The number of carbonyl (C=O) groups is 1. The summed E-state index contributed by atoms with van der Waals surface area (Å²) in [5.74, 6) is 0.294. The number of amides is 1. The molecule has 1 amide bonds. The fourth-order valence-corrected chi connectivity index (χ4v) is 3.94. The van der Waals surface area contributed by atoms with Gasteiger partial charge in [0, 0.05) is 11.9 Å². The van der Waals surface area contributed by atoms with Gasteiger partial charge in [-0.25, -0.2) is 17.8 Å². The molecule has 0 fully saturated rings. The highest BCUT2D eigenvalue weighted by Crippen LogP contribution is 2.15. The molecular weight excluding hydrogens is 416 g/mol. The quantitative estimate of drug-likeness (QED) is 0.441. The molecule has 2 aromatic carbocycles. The average molecular weight is 436 g/mol. The van der Waals surface area contributed by atoms with Gasteiger partial charge in [-0.3, -0.25) is 4.79 Å². The molecule has 9 heteroatoms. The molecule has 8 nitrogen and oxygen atoms in total.